The summed E-state index contributed by atoms with van der Waals surface area (Å²) >= 11 is 0. The van der Waals surface area contributed by atoms with Gasteiger partial charge in [0, 0.05) is 26.1 Å². The Hall–Kier alpha value is -2.05. The number of likely N-dealkylation sites (N-methyl/N-ethyl adjacent to an activating group) is 1. The fraction of sp³-hybridized carbons (Fsp3) is 0.615. The van der Waals surface area contributed by atoms with Crippen molar-refractivity contribution < 1.29 is 18.8 Å². The van der Waals surface area contributed by atoms with Gasteiger partial charge in [0.25, 0.3) is 0 Å². The summed E-state index contributed by atoms with van der Waals surface area (Å²) in [5.74, 6) is 0.539. The normalized spacial score (nSPS) is 25.6. The summed E-state index contributed by atoms with van der Waals surface area (Å²) in [7, 11) is 1.71. The summed E-state index contributed by atoms with van der Waals surface area (Å²) < 4.78 is 10.5. The van der Waals surface area contributed by atoms with Crippen LogP contribution in [0.4, 0.5) is 4.79 Å². The molecule has 108 valence electrons. The monoisotopic (exact) mass is 279 g/mol. The lowest BCUT2D eigenvalue weighted by molar-refractivity contribution is -0.130. The molecule has 0 N–H and O–H groups in total. The molecule has 3 heterocycles. The molecule has 0 radical (unpaired) electrons. The third-order valence-electron chi connectivity index (χ3n) is 3.81. The highest BCUT2D eigenvalue weighted by Gasteiger charge is 2.49. The van der Waals surface area contributed by atoms with Crippen LogP contribution < -0.4 is 0 Å². The van der Waals surface area contributed by atoms with Gasteiger partial charge in [0.2, 0.25) is 5.91 Å². The molecule has 2 aliphatic rings. The van der Waals surface area contributed by atoms with Gasteiger partial charge >= 0.3 is 6.09 Å². The van der Waals surface area contributed by atoms with Gasteiger partial charge in [0.1, 0.15) is 5.76 Å². The zero-order valence-electron chi connectivity index (χ0n) is 11.6. The van der Waals surface area contributed by atoms with Crippen molar-refractivity contribution in [1.29, 1.82) is 0 Å². The molecule has 1 atom stereocenters. The average molecular weight is 279 g/mol. The van der Waals surface area contributed by atoms with Crippen molar-refractivity contribution in [2.45, 2.75) is 25.4 Å². The molecule has 0 aromatic carbocycles. The number of hydrogen-bond donors (Lipinski definition) is 0. The van der Waals surface area contributed by atoms with Crippen LogP contribution in [0.25, 0.3) is 0 Å². The van der Waals surface area contributed by atoms with E-state index in [-0.39, 0.29) is 18.4 Å². The zero-order valence-corrected chi connectivity index (χ0v) is 11.6. The van der Waals surface area contributed by atoms with Crippen molar-refractivity contribution >= 4 is 12.0 Å². The van der Waals surface area contributed by atoms with Crippen molar-refractivity contribution in [3.8, 4) is 0 Å². The summed E-state index contributed by atoms with van der Waals surface area (Å²) in [6, 6.07) is 1.76. The van der Waals surface area contributed by atoms with Crippen molar-refractivity contribution in [3.05, 3.63) is 17.5 Å². The van der Waals surface area contributed by atoms with E-state index in [1.165, 1.54) is 0 Å². The molecule has 0 bridgehead atoms. The Bertz CT molecular complexity index is 556. The minimum absolute atomic E-state index is 0.0244. The average Bonchev–Trinajstić information content (AvgIpc) is 3.03. The van der Waals surface area contributed by atoms with E-state index in [4.69, 9.17) is 9.26 Å². The maximum atomic E-state index is 12.2. The van der Waals surface area contributed by atoms with Crippen LogP contribution in [0, 0.1) is 6.92 Å². The second-order valence-corrected chi connectivity index (χ2v) is 5.58. The number of carbonyl (C=O) groups is 2. The van der Waals surface area contributed by atoms with Gasteiger partial charge < -0.3 is 19.1 Å². The largest absolute Gasteiger partial charge is 0.439 e. The lowest BCUT2D eigenvalue weighted by Gasteiger charge is -2.21. The fourth-order valence-corrected chi connectivity index (χ4v) is 2.82. The van der Waals surface area contributed by atoms with Crippen LogP contribution in [-0.4, -0.2) is 59.2 Å². The van der Waals surface area contributed by atoms with Crippen molar-refractivity contribution in [2.24, 2.45) is 0 Å². The molecule has 7 nitrogen and oxygen atoms in total. The van der Waals surface area contributed by atoms with Crippen LogP contribution in [0.2, 0.25) is 0 Å². The minimum atomic E-state index is -0.529. The number of hydrogen-bond acceptors (Lipinski definition) is 5. The highest BCUT2D eigenvalue weighted by molar-refractivity contribution is 5.79. The highest BCUT2D eigenvalue weighted by Crippen LogP contribution is 2.31. The van der Waals surface area contributed by atoms with Gasteiger partial charge in [0.15, 0.2) is 5.60 Å². The Balaban J connectivity index is 1.62. The van der Waals surface area contributed by atoms with Gasteiger partial charge in [-0.15, -0.1) is 0 Å². The van der Waals surface area contributed by atoms with Crippen LogP contribution in [0.15, 0.2) is 10.6 Å². The van der Waals surface area contributed by atoms with E-state index >= 15 is 0 Å². The summed E-state index contributed by atoms with van der Waals surface area (Å²) in [6.45, 7) is 3.41. The Morgan fingerprint density at radius 3 is 2.90 bits per heavy atom. The molecular weight excluding hydrogens is 262 g/mol. The number of likely N-dealkylation sites (tertiary alicyclic amines) is 1. The van der Waals surface area contributed by atoms with Gasteiger partial charge in [-0.1, -0.05) is 5.16 Å². The van der Waals surface area contributed by atoms with Gasteiger partial charge in [-0.25, -0.2) is 4.79 Å². The molecule has 1 aromatic heterocycles. The van der Waals surface area contributed by atoms with Gasteiger partial charge in [0.05, 0.1) is 25.2 Å². The first kappa shape index (κ1) is 13.0. The van der Waals surface area contributed by atoms with Crippen molar-refractivity contribution in [1.82, 2.24) is 15.0 Å². The molecule has 0 unspecified atom stereocenters. The van der Waals surface area contributed by atoms with E-state index in [0.29, 0.717) is 31.8 Å². The number of rotatable bonds is 2. The molecule has 0 saturated carbocycles. The number of amides is 2. The molecule has 2 aliphatic heterocycles. The number of aryl methyl sites for hydroxylation is 1. The SMILES string of the molecule is Cc1cc(CC(=O)N2CC[C@]3(CN(C)C(=O)O3)C2)on1. The van der Waals surface area contributed by atoms with Gasteiger partial charge in [-0.3, -0.25) is 4.79 Å². The Morgan fingerprint density at radius 1 is 1.50 bits per heavy atom. The number of nitrogens with zero attached hydrogens (tertiary/aromatic N) is 3. The first-order valence-corrected chi connectivity index (χ1v) is 6.62. The molecule has 20 heavy (non-hydrogen) atoms. The van der Waals surface area contributed by atoms with Gasteiger partial charge in [-0.05, 0) is 6.92 Å². The lowest BCUT2D eigenvalue weighted by Crippen LogP contribution is -2.39. The standard InChI is InChI=1S/C13H17N3O4/c1-9-5-10(20-14-9)6-11(17)16-4-3-13(8-16)7-15(2)12(18)19-13/h5H,3-4,6-8H2,1-2H3/t13-/m0/s1. The number of carbonyl (C=O) groups excluding carboxylic acids is 2. The molecule has 7 heteroatoms. The first-order valence-electron chi connectivity index (χ1n) is 6.62. The zero-order chi connectivity index (χ0) is 14.3. The predicted octanol–water partition coefficient (Wildman–Crippen LogP) is 0.579. The fourth-order valence-electron chi connectivity index (χ4n) is 2.82. The maximum absolute atomic E-state index is 12.2. The van der Waals surface area contributed by atoms with Crippen LogP contribution in [-0.2, 0) is 16.0 Å². The number of ether oxygens (including phenoxy) is 1. The molecule has 2 saturated heterocycles. The maximum Gasteiger partial charge on any atom is 0.410 e. The topological polar surface area (TPSA) is 75.9 Å². The summed E-state index contributed by atoms with van der Waals surface area (Å²) in [5, 5.41) is 3.77. The van der Waals surface area contributed by atoms with Crippen LogP contribution in [0.1, 0.15) is 17.9 Å². The lowest BCUT2D eigenvalue weighted by atomic mass is 10.0. The minimum Gasteiger partial charge on any atom is -0.439 e. The van der Waals surface area contributed by atoms with Crippen molar-refractivity contribution in [2.75, 3.05) is 26.7 Å². The highest BCUT2D eigenvalue weighted by atomic mass is 16.6. The van der Waals surface area contributed by atoms with E-state index in [0.717, 1.165) is 5.69 Å². The molecule has 2 fully saturated rings. The Morgan fingerprint density at radius 2 is 2.30 bits per heavy atom. The van der Waals surface area contributed by atoms with Crippen LogP contribution in [0.3, 0.4) is 0 Å². The molecular formula is C13H17N3O4. The third-order valence-corrected chi connectivity index (χ3v) is 3.81. The molecule has 2 amide bonds. The van der Waals surface area contributed by atoms with E-state index in [2.05, 4.69) is 5.16 Å². The molecule has 1 aromatic rings. The molecule has 3 rings (SSSR count). The Kier molecular flexibility index (Phi) is 2.92. The summed E-state index contributed by atoms with van der Waals surface area (Å²) in [5.41, 5.74) is 0.232. The van der Waals surface area contributed by atoms with Crippen molar-refractivity contribution in [3.63, 3.8) is 0 Å². The third kappa shape index (κ3) is 2.23. The second kappa shape index (κ2) is 4.50. The van der Waals surface area contributed by atoms with E-state index in [1.54, 1.807) is 22.9 Å². The summed E-state index contributed by atoms with van der Waals surface area (Å²) in [4.78, 5) is 27.0. The van der Waals surface area contributed by atoms with Crippen LogP contribution in [0.5, 0.6) is 0 Å². The predicted molar refractivity (Wildman–Crippen MR) is 68.0 cm³/mol. The quantitative estimate of drug-likeness (QED) is 0.791. The first-order chi connectivity index (χ1) is 9.47. The molecule has 0 aliphatic carbocycles. The summed E-state index contributed by atoms with van der Waals surface area (Å²) in [6.07, 6.45) is 0.565. The second-order valence-electron chi connectivity index (χ2n) is 5.58. The van der Waals surface area contributed by atoms with E-state index in [1.807, 2.05) is 6.92 Å². The molecule has 1 spiro atoms. The van der Waals surface area contributed by atoms with E-state index in [9.17, 15) is 9.59 Å². The van der Waals surface area contributed by atoms with Crippen LogP contribution >= 0.6 is 0 Å². The van der Waals surface area contributed by atoms with Gasteiger partial charge in [-0.2, -0.15) is 0 Å². The Labute approximate surface area is 116 Å². The smallest absolute Gasteiger partial charge is 0.410 e. The number of aromatic nitrogens is 1. The van der Waals surface area contributed by atoms with E-state index < -0.39 is 5.60 Å².